The summed E-state index contributed by atoms with van der Waals surface area (Å²) >= 11 is 0. The van der Waals surface area contributed by atoms with Gasteiger partial charge in [-0.25, -0.2) is 0 Å². The molecule has 0 amide bonds. The fourth-order valence-electron chi connectivity index (χ4n) is 1.64. The minimum atomic E-state index is 0.152. The smallest absolute Gasteiger partial charge is 0.157 e. The van der Waals surface area contributed by atoms with Crippen LogP contribution in [0.15, 0.2) is 36.0 Å². The van der Waals surface area contributed by atoms with Gasteiger partial charge in [0.05, 0.1) is 5.69 Å². The predicted molar refractivity (Wildman–Crippen MR) is 58.7 cm³/mol. The second-order valence-electron chi connectivity index (χ2n) is 3.63. The van der Waals surface area contributed by atoms with Crippen molar-refractivity contribution in [2.75, 3.05) is 5.32 Å². The normalized spacial score (nSPS) is 16.0. The highest BCUT2D eigenvalue weighted by Crippen LogP contribution is 2.25. The minimum Gasteiger partial charge on any atom is -0.506 e. The summed E-state index contributed by atoms with van der Waals surface area (Å²) in [6, 6.07) is 7.01. The molecule has 0 atom stereocenters. The number of para-hydroxylation sites is 2. The maximum Gasteiger partial charge on any atom is 0.157 e. The van der Waals surface area contributed by atoms with Gasteiger partial charge >= 0.3 is 0 Å². The first-order valence-corrected chi connectivity index (χ1v) is 5.04. The molecule has 1 aromatic rings. The molecule has 2 rings (SSSR count). The fourth-order valence-corrected chi connectivity index (χ4v) is 1.64. The van der Waals surface area contributed by atoms with Crippen LogP contribution in [0.5, 0.6) is 5.75 Å². The van der Waals surface area contributed by atoms with Crippen LogP contribution in [-0.2, 0) is 4.79 Å². The van der Waals surface area contributed by atoms with E-state index in [1.807, 2.05) is 6.07 Å². The molecule has 1 aliphatic rings. The lowest BCUT2D eigenvalue weighted by Gasteiger charge is -2.15. The molecule has 0 unspecified atom stereocenters. The third kappa shape index (κ3) is 2.37. The summed E-state index contributed by atoms with van der Waals surface area (Å²) in [5.74, 6) is 0.357. The number of anilines is 1. The Balaban J connectivity index is 2.15. The lowest BCUT2D eigenvalue weighted by molar-refractivity contribution is -0.115. The van der Waals surface area contributed by atoms with Gasteiger partial charge in [-0.05, 0) is 25.0 Å². The van der Waals surface area contributed by atoms with E-state index in [9.17, 15) is 9.90 Å². The van der Waals surface area contributed by atoms with Crippen molar-refractivity contribution in [1.82, 2.24) is 0 Å². The molecule has 0 bridgehead atoms. The van der Waals surface area contributed by atoms with Gasteiger partial charge in [-0.15, -0.1) is 0 Å². The zero-order chi connectivity index (χ0) is 10.7. The van der Waals surface area contributed by atoms with Crippen molar-refractivity contribution in [3.05, 3.63) is 36.0 Å². The van der Waals surface area contributed by atoms with Gasteiger partial charge in [0.25, 0.3) is 0 Å². The highest BCUT2D eigenvalue weighted by molar-refractivity contribution is 5.91. The zero-order valence-electron chi connectivity index (χ0n) is 8.36. The number of hydrogen-bond acceptors (Lipinski definition) is 3. The molecule has 15 heavy (non-hydrogen) atoms. The van der Waals surface area contributed by atoms with Gasteiger partial charge in [-0.1, -0.05) is 12.1 Å². The summed E-state index contributed by atoms with van der Waals surface area (Å²) in [6.07, 6.45) is 3.99. The van der Waals surface area contributed by atoms with Crippen molar-refractivity contribution in [2.45, 2.75) is 19.3 Å². The first kappa shape index (κ1) is 9.77. The SMILES string of the molecule is O=C1C=C(Nc2ccccc2O)CCC1. The van der Waals surface area contributed by atoms with E-state index in [4.69, 9.17) is 0 Å². The average Bonchev–Trinajstić information content (AvgIpc) is 2.22. The molecule has 1 aromatic carbocycles. The van der Waals surface area contributed by atoms with Gasteiger partial charge in [0.15, 0.2) is 5.78 Å². The Hall–Kier alpha value is -1.77. The van der Waals surface area contributed by atoms with Crippen LogP contribution in [0, 0.1) is 0 Å². The average molecular weight is 203 g/mol. The Labute approximate surface area is 88.4 Å². The molecule has 0 aliphatic heterocycles. The summed E-state index contributed by atoms with van der Waals surface area (Å²) in [6.45, 7) is 0. The van der Waals surface area contributed by atoms with E-state index in [1.165, 1.54) is 0 Å². The van der Waals surface area contributed by atoms with E-state index in [0.717, 1.165) is 18.5 Å². The van der Waals surface area contributed by atoms with Crippen LogP contribution in [-0.4, -0.2) is 10.9 Å². The van der Waals surface area contributed by atoms with Gasteiger partial charge in [-0.2, -0.15) is 0 Å². The molecule has 1 aliphatic carbocycles. The zero-order valence-corrected chi connectivity index (χ0v) is 8.36. The molecule has 0 saturated heterocycles. The summed E-state index contributed by atoms with van der Waals surface area (Å²) in [7, 11) is 0. The quantitative estimate of drug-likeness (QED) is 0.726. The molecule has 0 aromatic heterocycles. The Kier molecular flexibility index (Phi) is 2.72. The number of carbonyl (C=O) groups excluding carboxylic acids is 1. The fraction of sp³-hybridized carbons (Fsp3) is 0.250. The van der Waals surface area contributed by atoms with Crippen molar-refractivity contribution < 1.29 is 9.90 Å². The maximum absolute atomic E-state index is 11.2. The maximum atomic E-state index is 11.2. The summed E-state index contributed by atoms with van der Waals surface area (Å²) < 4.78 is 0. The van der Waals surface area contributed by atoms with Gasteiger partial charge in [0.2, 0.25) is 0 Å². The van der Waals surface area contributed by atoms with Crippen molar-refractivity contribution in [1.29, 1.82) is 0 Å². The molecule has 2 N–H and O–H groups in total. The molecule has 0 spiro atoms. The van der Waals surface area contributed by atoms with Crippen LogP contribution in [0.25, 0.3) is 0 Å². The van der Waals surface area contributed by atoms with E-state index in [2.05, 4.69) is 5.32 Å². The molecule has 3 heteroatoms. The van der Waals surface area contributed by atoms with Crippen LogP contribution in [0.4, 0.5) is 5.69 Å². The van der Waals surface area contributed by atoms with Crippen LogP contribution < -0.4 is 5.32 Å². The molecular formula is C12H13NO2. The highest BCUT2D eigenvalue weighted by Gasteiger charge is 2.10. The number of rotatable bonds is 2. The van der Waals surface area contributed by atoms with Gasteiger partial charge in [0.1, 0.15) is 5.75 Å². The lowest BCUT2D eigenvalue weighted by atomic mass is 10.0. The second-order valence-corrected chi connectivity index (χ2v) is 3.63. The first-order valence-electron chi connectivity index (χ1n) is 5.04. The Morgan fingerprint density at radius 1 is 1.20 bits per heavy atom. The van der Waals surface area contributed by atoms with Gasteiger partial charge < -0.3 is 10.4 Å². The first-order chi connectivity index (χ1) is 7.25. The standard InChI is InChI=1S/C12H13NO2/c14-10-5-3-4-9(8-10)13-11-6-1-2-7-12(11)15/h1-2,6-8,13,15H,3-5H2. The number of nitrogens with one attached hydrogen (secondary N) is 1. The predicted octanol–water partition coefficient (Wildman–Crippen LogP) is 2.44. The molecule has 0 radical (unpaired) electrons. The van der Waals surface area contributed by atoms with Crippen LogP contribution in [0.2, 0.25) is 0 Å². The third-order valence-corrected chi connectivity index (χ3v) is 2.40. The Bertz CT molecular complexity index is 410. The molecule has 78 valence electrons. The van der Waals surface area contributed by atoms with Crippen LogP contribution in [0.3, 0.4) is 0 Å². The molecule has 0 saturated carbocycles. The Morgan fingerprint density at radius 3 is 2.73 bits per heavy atom. The van der Waals surface area contributed by atoms with E-state index >= 15 is 0 Å². The second kappa shape index (κ2) is 4.17. The molecular weight excluding hydrogens is 190 g/mol. The summed E-state index contributed by atoms with van der Waals surface area (Å²) in [5.41, 5.74) is 1.53. The minimum absolute atomic E-state index is 0.152. The number of allylic oxidation sites excluding steroid dienone is 2. The Morgan fingerprint density at radius 2 is 2.00 bits per heavy atom. The number of benzene rings is 1. The van der Waals surface area contributed by atoms with Crippen LogP contribution in [0.1, 0.15) is 19.3 Å². The van der Waals surface area contributed by atoms with Crippen molar-refractivity contribution >= 4 is 11.5 Å². The number of carbonyl (C=O) groups is 1. The highest BCUT2D eigenvalue weighted by atomic mass is 16.3. The number of ketones is 1. The molecule has 3 nitrogen and oxygen atoms in total. The summed E-state index contributed by atoms with van der Waals surface area (Å²) in [5, 5.41) is 12.6. The van der Waals surface area contributed by atoms with E-state index in [1.54, 1.807) is 24.3 Å². The number of phenolic OH excluding ortho intramolecular Hbond substituents is 1. The van der Waals surface area contributed by atoms with Crippen molar-refractivity contribution in [2.24, 2.45) is 0 Å². The van der Waals surface area contributed by atoms with E-state index < -0.39 is 0 Å². The number of hydrogen-bond donors (Lipinski definition) is 2. The van der Waals surface area contributed by atoms with Crippen molar-refractivity contribution in [3.63, 3.8) is 0 Å². The monoisotopic (exact) mass is 203 g/mol. The number of aromatic hydroxyl groups is 1. The molecule has 0 heterocycles. The lowest BCUT2D eigenvalue weighted by Crippen LogP contribution is -2.09. The van der Waals surface area contributed by atoms with E-state index in [-0.39, 0.29) is 11.5 Å². The van der Waals surface area contributed by atoms with E-state index in [0.29, 0.717) is 12.1 Å². The topological polar surface area (TPSA) is 49.3 Å². The largest absolute Gasteiger partial charge is 0.506 e. The van der Waals surface area contributed by atoms with Crippen LogP contribution >= 0.6 is 0 Å². The number of phenols is 1. The van der Waals surface area contributed by atoms with Gasteiger partial charge in [-0.3, -0.25) is 4.79 Å². The molecule has 0 fully saturated rings. The van der Waals surface area contributed by atoms with Gasteiger partial charge in [0, 0.05) is 18.2 Å². The van der Waals surface area contributed by atoms with Crippen molar-refractivity contribution in [3.8, 4) is 5.75 Å². The third-order valence-electron chi connectivity index (χ3n) is 2.40. The summed E-state index contributed by atoms with van der Waals surface area (Å²) in [4.78, 5) is 11.2.